The van der Waals surface area contributed by atoms with Crippen molar-refractivity contribution in [1.29, 1.82) is 0 Å². The number of hydrogen-bond acceptors (Lipinski definition) is 3. The van der Waals surface area contributed by atoms with Gasteiger partial charge < -0.3 is 10.4 Å². The number of hydrogen-bond donors (Lipinski definition) is 2. The minimum Gasteiger partial charge on any atom is -0.396 e. The van der Waals surface area contributed by atoms with Crippen molar-refractivity contribution in [3.05, 3.63) is 0 Å². The fraction of sp³-hybridized carbons (Fsp3) is 0.944. The van der Waals surface area contributed by atoms with E-state index in [4.69, 9.17) is 0 Å². The van der Waals surface area contributed by atoms with E-state index in [9.17, 15) is 9.90 Å². The van der Waals surface area contributed by atoms with Gasteiger partial charge in [0, 0.05) is 12.1 Å². The van der Waals surface area contributed by atoms with E-state index < -0.39 is 0 Å². The maximum absolute atomic E-state index is 12.5. The third-order valence-corrected chi connectivity index (χ3v) is 6.78. The highest BCUT2D eigenvalue weighted by molar-refractivity contribution is 5.79. The second-order valence-corrected chi connectivity index (χ2v) is 8.65. The van der Waals surface area contributed by atoms with Crippen molar-refractivity contribution in [3.63, 3.8) is 0 Å². The molecule has 0 spiro atoms. The molecule has 124 valence electrons. The first-order chi connectivity index (χ1) is 10.6. The minimum atomic E-state index is 0.148. The molecule has 1 aliphatic heterocycles. The molecule has 0 unspecified atom stereocenters. The Morgan fingerprint density at radius 3 is 2.09 bits per heavy atom. The Morgan fingerprint density at radius 1 is 1.05 bits per heavy atom. The molecule has 5 rings (SSSR count). The van der Waals surface area contributed by atoms with Gasteiger partial charge in [-0.1, -0.05) is 0 Å². The average Bonchev–Trinajstić information content (AvgIpc) is 2.45. The number of likely N-dealkylation sites (tertiary alicyclic amines) is 1. The van der Waals surface area contributed by atoms with Gasteiger partial charge in [0.05, 0.1) is 6.54 Å². The molecule has 5 aliphatic rings. The summed E-state index contributed by atoms with van der Waals surface area (Å²) in [6.45, 7) is 2.77. The Hall–Kier alpha value is -0.610. The van der Waals surface area contributed by atoms with Gasteiger partial charge in [0.1, 0.15) is 0 Å². The quantitative estimate of drug-likeness (QED) is 0.832. The van der Waals surface area contributed by atoms with Gasteiger partial charge in [-0.25, -0.2) is 0 Å². The third kappa shape index (κ3) is 2.92. The van der Waals surface area contributed by atoms with Gasteiger partial charge in [-0.3, -0.25) is 9.69 Å². The normalized spacial score (nSPS) is 41.8. The number of aliphatic hydroxyl groups is 1. The molecular weight excluding hydrogens is 276 g/mol. The first-order valence-electron chi connectivity index (χ1n) is 9.28. The fourth-order valence-electron chi connectivity index (χ4n) is 6.13. The highest BCUT2D eigenvalue weighted by Gasteiger charge is 2.51. The molecule has 0 aromatic rings. The standard InChI is InChI=1S/C18H30N2O2/c21-12-13-1-3-20(4-2-13)11-17(22)19-18-8-14-5-15(9-18)7-16(6-14)10-18/h13-16,21H,1-12H2,(H,19,22). The second kappa shape index (κ2) is 5.79. The first kappa shape index (κ1) is 14.9. The number of carbonyl (C=O) groups excluding carboxylic acids is 1. The van der Waals surface area contributed by atoms with Crippen molar-refractivity contribution < 1.29 is 9.90 Å². The van der Waals surface area contributed by atoms with Gasteiger partial charge in [-0.2, -0.15) is 0 Å². The van der Waals surface area contributed by atoms with Crippen LogP contribution in [0.25, 0.3) is 0 Å². The number of amides is 1. The zero-order valence-corrected chi connectivity index (χ0v) is 13.6. The molecule has 0 aromatic heterocycles. The van der Waals surface area contributed by atoms with E-state index in [1.807, 2.05) is 0 Å². The summed E-state index contributed by atoms with van der Waals surface area (Å²) in [5, 5.41) is 12.7. The van der Waals surface area contributed by atoms with Crippen LogP contribution in [0.3, 0.4) is 0 Å². The van der Waals surface area contributed by atoms with Crippen molar-refractivity contribution in [2.45, 2.75) is 56.9 Å². The van der Waals surface area contributed by atoms with Crippen LogP contribution in [0, 0.1) is 23.7 Å². The number of nitrogens with zero attached hydrogens (tertiary/aromatic N) is 1. The molecule has 1 heterocycles. The van der Waals surface area contributed by atoms with E-state index in [-0.39, 0.29) is 11.4 Å². The zero-order valence-electron chi connectivity index (χ0n) is 13.6. The summed E-state index contributed by atoms with van der Waals surface area (Å²) in [6, 6.07) is 0. The van der Waals surface area contributed by atoms with Crippen LogP contribution in [-0.4, -0.2) is 47.7 Å². The van der Waals surface area contributed by atoms with Crippen molar-refractivity contribution in [2.24, 2.45) is 23.7 Å². The minimum absolute atomic E-state index is 0.148. The molecule has 4 heteroatoms. The number of piperidine rings is 1. The lowest BCUT2D eigenvalue weighted by Crippen LogP contribution is -2.61. The highest BCUT2D eigenvalue weighted by atomic mass is 16.3. The molecule has 2 N–H and O–H groups in total. The van der Waals surface area contributed by atoms with Gasteiger partial charge in [0.25, 0.3) is 0 Å². The molecule has 4 nitrogen and oxygen atoms in total. The molecule has 1 amide bonds. The van der Waals surface area contributed by atoms with Crippen LogP contribution in [0.5, 0.6) is 0 Å². The smallest absolute Gasteiger partial charge is 0.234 e. The predicted octanol–water partition coefficient (Wildman–Crippen LogP) is 1.78. The summed E-state index contributed by atoms with van der Waals surface area (Å²) < 4.78 is 0. The lowest BCUT2D eigenvalue weighted by Gasteiger charge is -2.57. The van der Waals surface area contributed by atoms with Crippen molar-refractivity contribution in [1.82, 2.24) is 10.2 Å². The largest absolute Gasteiger partial charge is 0.396 e. The monoisotopic (exact) mass is 306 g/mol. The lowest BCUT2D eigenvalue weighted by molar-refractivity contribution is -0.128. The Labute approximate surface area is 133 Å². The van der Waals surface area contributed by atoms with Crippen LogP contribution >= 0.6 is 0 Å². The maximum Gasteiger partial charge on any atom is 0.234 e. The summed E-state index contributed by atoms with van der Waals surface area (Å²) in [7, 11) is 0. The second-order valence-electron chi connectivity index (χ2n) is 8.65. The summed E-state index contributed by atoms with van der Waals surface area (Å²) in [5.41, 5.74) is 0.148. The average molecular weight is 306 g/mol. The van der Waals surface area contributed by atoms with E-state index in [1.165, 1.54) is 38.5 Å². The topological polar surface area (TPSA) is 52.6 Å². The number of carbonyl (C=O) groups is 1. The van der Waals surface area contributed by atoms with Crippen LogP contribution < -0.4 is 5.32 Å². The van der Waals surface area contributed by atoms with Crippen LogP contribution in [-0.2, 0) is 4.79 Å². The molecule has 5 fully saturated rings. The Kier molecular flexibility index (Phi) is 3.93. The van der Waals surface area contributed by atoms with Crippen molar-refractivity contribution in [3.8, 4) is 0 Å². The van der Waals surface area contributed by atoms with Gasteiger partial charge in [0.2, 0.25) is 5.91 Å². The molecule has 0 atom stereocenters. The van der Waals surface area contributed by atoms with E-state index in [2.05, 4.69) is 10.2 Å². The number of nitrogens with one attached hydrogen (secondary N) is 1. The molecule has 1 saturated heterocycles. The number of aliphatic hydroxyl groups excluding tert-OH is 1. The van der Waals surface area contributed by atoms with E-state index in [0.29, 0.717) is 19.1 Å². The van der Waals surface area contributed by atoms with E-state index in [0.717, 1.165) is 43.7 Å². The predicted molar refractivity (Wildman–Crippen MR) is 85.3 cm³/mol. The Balaban J connectivity index is 1.31. The van der Waals surface area contributed by atoms with Gasteiger partial charge >= 0.3 is 0 Å². The van der Waals surface area contributed by atoms with Gasteiger partial charge in [0.15, 0.2) is 0 Å². The van der Waals surface area contributed by atoms with Crippen molar-refractivity contribution in [2.75, 3.05) is 26.2 Å². The zero-order chi connectivity index (χ0) is 15.2. The fourth-order valence-corrected chi connectivity index (χ4v) is 6.13. The SMILES string of the molecule is O=C(CN1CCC(CO)CC1)NC12CC3CC(CC(C3)C1)C2. The van der Waals surface area contributed by atoms with Gasteiger partial charge in [-0.05, 0) is 88.1 Å². The molecule has 4 aliphatic carbocycles. The molecular formula is C18H30N2O2. The highest BCUT2D eigenvalue weighted by Crippen LogP contribution is 2.55. The maximum atomic E-state index is 12.5. The molecule has 0 radical (unpaired) electrons. The summed E-state index contributed by atoms with van der Waals surface area (Å²) in [6.07, 6.45) is 10.0. The molecule has 0 aromatic carbocycles. The summed E-state index contributed by atoms with van der Waals surface area (Å²) >= 11 is 0. The summed E-state index contributed by atoms with van der Waals surface area (Å²) in [5.74, 6) is 3.33. The summed E-state index contributed by atoms with van der Waals surface area (Å²) in [4.78, 5) is 14.8. The van der Waals surface area contributed by atoms with E-state index >= 15 is 0 Å². The molecule has 22 heavy (non-hydrogen) atoms. The first-order valence-corrected chi connectivity index (χ1v) is 9.28. The lowest BCUT2D eigenvalue weighted by atomic mass is 9.53. The van der Waals surface area contributed by atoms with Crippen LogP contribution in [0.15, 0.2) is 0 Å². The Morgan fingerprint density at radius 2 is 1.59 bits per heavy atom. The van der Waals surface area contributed by atoms with Gasteiger partial charge in [-0.15, -0.1) is 0 Å². The molecule has 4 bridgehead atoms. The number of rotatable bonds is 4. The molecule has 4 saturated carbocycles. The van der Waals surface area contributed by atoms with Crippen molar-refractivity contribution >= 4 is 5.91 Å². The third-order valence-electron chi connectivity index (χ3n) is 6.78. The van der Waals surface area contributed by atoms with Crippen LogP contribution in [0.1, 0.15) is 51.4 Å². The Bertz CT molecular complexity index is 394. The van der Waals surface area contributed by atoms with Crippen LogP contribution in [0.2, 0.25) is 0 Å². The van der Waals surface area contributed by atoms with Crippen LogP contribution in [0.4, 0.5) is 0 Å². The van der Waals surface area contributed by atoms with E-state index in [1.54, 1.807) is 0 Å².